The van der Waals surface area contributed by atoms with Crippen LogP contribution in [0.5, 0.6) is 0 Å². The molecule has 1 aromatic heterocycles. The Kier molecular flexibility index (Phi) is 9.15. The van der Waals surface area contributed by atoms with Crippen LogP contribution in [0, 0.1) is 0 Å². The molecule has 0 fully saturated rings. The van der Waals surface area contributed by atoms with Gasteiger partial charge in [-0.25, -0.2) is 9.59 Å². The van der Waals surface area contributed by atoms with Crippen LogP contribution in [-0.4, -0.2) is 32.8 Å². The van der Waals surface area contributed by atoms with Crippen LogP contribution in [0.1, 0.15) is 38.7 Å². The molecule has 2 aromatic rings. The third-order valence-corrected chi connectivity index (χ3v) is 3.78. The Morgan fingerprint density at radius 2 is 1.77 bits per heavy atom. The lowest BCUT2D eigenvalue weighted by Gasteiger charge is -2.04. The van der Waals surface area contributed by atoms with E-state index in [1.165, 1.54) is 35.7 Å². The van der Waals surface area contributed by atoms with Gasteiger partial charge in [0.25, 0.3) is 0 Å². The van der Waals surface area contributed by atoms with Gasteiger partial charge in [0.1, 0.15) is 0 Å². The van der Waals surface area contributed by atoms with E-state index >= 15 is 0 Å². The Balaban J connectivity index is 0.000000359. The van der Waals surface area contributed by atoms with E-state index in [2.05, 4.69) is 48.9 Å². The monoisotopic (exact) mass is 360 g/mol. The van der Waals surface area contributed by atoms with Crippen LogP contribution >= 0.6 is 0 Å². The van der Waals surface area contributed by atoms with Crippen LogP contribution in [0.15, 0.2) is 42.6 Å². The first-order valence-corrected chi connectivity index (χ1v) is 8.81. The molecule has 0 aliphatic carbocycles. The Labute approximate surface area is 153 Å². The minimum Gasteiger partial charge on any atom is -0.478 e. The fraction of sp³-hybridized carbons (Fsp3) is 0.400. The standard InChI is InChI=1S/C16H24N2.C4H4O4/c1-3-4-7-10-18-12-14(11-13(2)17)15-8-5-6-9-16(15)18;5-3(6)1-2-4(7)8/h5-6,8-9,12-13H,3-4,7,10-11,17H2,1-2H3;1-2H,(H,5,6)(H,7,8)/b;2-1+. The maximum Gasteiger partial charge on any atom is 0.328 e. The fourth-order valence-electron chi connectivity index (χ4n) is 2.69. The molecule has 1 aromatic carbocycles. The third-order valence-electron chi connectivity index (χ3n) is 3.78. The third kappa shape index (κ3) is 7.53. The summed E-state index contributed by atoms with van der Waals surface area (Å²) in [6.07, 6.45) is 8.20. The summed E-state index contributed by atoms with van der Waals surface area (Å²) in [5.41, 5.74) is 8.67. The molecule has 0 radical (unpaired) electrons. The smallest absolute Gasteiger partial charge is 0.328 e. The number of hydrogen-bond donors (Lipinski definition) is 3. The van der Waals surface area contributed by atoms with Crippen LogP contribution in [0.3, 0.4) is 0 Å². The zero-order valence-electron chi connectivity index (χ0n) is 15.4. The molecule has 0 amide bonds. The number of aromatic nitrogens is 1. The Morgan fingerprint density at radius 3 is 2.31 bits per heavy atom. The predicted molar refractivity (Wildman–Crippen MR) is 103 cm³/mol. The van der Waals surface area contributed by atoms with Gasteiger partial charge in [-0.15, -0.1) is 0 Å². The Hall–Kier alpha value is -2.60. The van der Waals surface area contributed by atoms with Gasteiger partial charge in [-0.2, -0.15) is 0 Å². The van der Waals surface area contributed by atoms with Gasteiger partial charge in [0.2, 0.25) is 0 Å². The van der Waals surface area contributed by atoms with Gasteiger partial charge < -0.3 is 20.5 Å². The van der Waals surface area contributed by atoms with Crippen molar-refractivity contribution >= 4 is 22.8 Å². The minimum atomic E-state index is -1.26. The lowest BCUT2D eigenvalue weighted by Crippen LogP contribution is -2.17. The molecule has 4 N–H and O–H groups in total. The highest BCUT2D eigenvalue weighted by atomic mass is 16.4. The highest BCUT2D eigenvalue weighted by Crippen LogP contribution is 2.23. The predicted octanol–water partition coefficient (Wildman–Crippen LogP) is 3.43. The molecule has 26 heavy (non-hydrogen) atoms. The molecule has 0 spiro atoms. The number of aryl methyl sites for hydroxylation is 1. The molecular formula is C20H28N2O4. The normalized spacial score (nSPS) is 12.0. The van der Waals surface area contributed by atoms with Gasteiger partial charge >= 0.3 is 11.9 Å². The summed E-state index contributed by atoms with van der Waals surface area (Å²) < 4.78 is 2.39. The maximum absolute atomic E-state index is 9.55. The summed E-state index contributed by atoms with van der Waals surface area (Å²) in [5.74, 6) is -2.51. The van der Waals surface area contributed by atoms with Crippen LogP contribution < -0.4 is 5.73 Å². The summed E-state index contributed by atoms with van der Waals surface area (Å²) in [4.78, 5) is 19.1. The van der Waals surface area contributed by atoms with E-state index in [0.29, 0.717) is 12.2 Å². The number of hydrogen-bond acceptors (Lipinski definition) is 3. The number of nitrogens with two attached hydrogens (primary N) is 1. The van der Waals surface area contributed by atoms with Crippen LogP contribution in [-0.2, 0) is 22.6 Å². The van der Waals surface area contributed by atoms with Gasteiger partial charge in [-0.3, -0.25) is 0 Å². The second-order valence-corrected chi connectivity index (χ2v) is 6.26. The largest absolute Gasteiger partial charge is 0.478 e. The quantitative estimate of drug-likeness (QED) is 0.494. The molecule has 2 rings (SSSR count). The molecule has 0 saturated carbocycles. The average molecular weight is 360 g/mol. The second-order valence-electron chi connectivity index (χ2n) is 6.26. The SMILES string of the molecule is CCCCCn1cc(CC(C)N)c2ccccc21.O=C(O)/C=C/C(=O)O. The summed E-state index contributed by atoms with van der Waals surface area (Å²) in [5, 5.41) is 17.0. The van der Waals surface area contributed by atoms with E-state index in [0.717, 1.165) is 13.0 Å². The summed E-state index contributed by atoms with van der Waals surface area (Å²) >= 11 is 0. The summed E-state index contributed by atoms with van der Waals surface area (Å²) in [7, 11) is 0. The van der Waals surface area contributed by atoms with Crippen LogP contribution in [0.25, 0.3) is 10.9 Å². The maximum atomic E-state index is 9.55. The molecular weight excluding hydrogens is 332 g/mol. The molecule has 1 heterocycles. The zero-order valence-corrected chi connectivity index (χ0v) is 15.4. The van der Waals surface area contributed by atoms with Crippen molar-refractivity contribution in [1.82, 2.24) is 4.57 Å². The first-order valence-electron chi connectivity index (χ1n) is 8.81. The molecule has 0 bridgehead atoms. The molecule has 1 atom stereocenters. The number of fused-ring (bicyclic) bond motifs is 1. The van der Waals surface area contributed by atoms with Gasteiger partial charge in [0.15, 0.2) is 0 Å². The molecule has 0 aliphatic heterocycles. The number of carbonyl (C=O) groups is 2. The summed E-state index contributed by atoms with van der Waals surface area (Å²) in [6.45, 7) is 5.44. The van der Waals surface area contributed by atoms with Gasteiger partial charge in [-0.1, -0.05) is 38.0 Å². The number of nitrogens with zero attached hydrogens (tertiary/aromatic N) is 1. The van der Waals surface area contributed by atoms with Gasteiger partial charge in [0, 0.05) is 41.8 Å². The Bertz CT molecular complexity index is 731. The molecule has 142 valence electrons. The van der Waals surface area contributed by atoms with E-state index in [4.69, 9.17) is 15.9 Å². The Morgan fingerprint density at radius 1 is 1.15 bits per heavy atom. The number of rotatable bonds is 8. The van der Waals surface area contributed by atoms with Gasteiger partial charge in [-0.05, 0) is 31.4 Å². The van der Waals surface area contributed by atoms with E-state index in [1.54, 1.807) is 0 Å². The summed E-state index contributed by atoms with van der Waals surface area (Å²) in [6, 6.07) is 8.88. The topological polar surface area (TPSA) is 106 Å². The van der Waals surface area contributed by atoms with E-state index in [9.17, 15) is 9.59 Å². The van der Waals surface area contributed by atoms with Crippen molar-refractivity contribution in [2.24, 2.45) is 5.73 Å². The van der Waals surface area contributed by atoms with Crippen LogP contribution in [0.2, 0.25) is 0 Å². The lowest BCUT2D eigenvalue weighted by molar-refractivity contribution is -0.134. The number of carboxylic acids is 2. The number of unbranched alkanes of at least 4 members (excludes halogenated alkanes) is 2. The van der Waals surface area contributed by atoms with Crippen molar-refractivity contribution in [2.75, 3.05) is 0 Å². The minimum absolute atomic E-state index is 0.222. The van der Waals surface area contributed by atoms with Crippen molar-refractivity contribution in [2.45, 2.75) is 52.1 Å². The molecule has 0 saturated heterocycles. The second kappa shape index (κ2) is 11.1. The lowest BCUT2D eigenvalue weighted by atomic mass is 10.1. The van der Waals surface area contributed by atoms with Gasteiger partial charge in [0.05, 0.1) is 0 Å². The fourth-order valence-corrected chi connectivity index (χ4v) is 2.69. The highest BCUT2D eigenvalue weighted by Gasteiger charge is 2.09. The van der Waals surface area contributed by atoms with Crippen molar-refractivity contribution in [3.63, 3.8) is 0 Å². The first-order chi connectivity index (χ1) is 12.3. The van der Waals surface area contributed by atoms with E-state index < -0.39 is 11.9 Å². The number of carboxylic acid groups (broad SMARTS) is 2. The zero-order chi connectivity index (χ0) is 19.5. The number of para-hydroxylation sites is 1. The molecule has 6 nitrogen and oxygen atoms in total. The molecule has 1 unspecified atom stereocenters. The van der Waals surface area contributed by atoms with E-state index in [1.807, 2.05) is 0 Å². The molecule has 0 aliphatic rings. The first kappa shape index (κ1) is 21.4. The highest BCUT2D eigenvalue weighted by molar-refractivity contribution is 5.89. The number of benzene rings is 1. The average Bonchev–Trinajstić information content (AvgIpc) is 2.91. The van der Waals surface area contributed by atoms with Crippen molar-refractivity contribution in [3.05, 3.63) is 48.2 Å². The molecule has 6 heteroatoms. The van der Waals surface area contributed by atoms with Crippen molar-refractivity contribution in [1.29, 1.82) is 0 Å². The number of aliphatic carboxylic acids is 2. The van der Waals surface area contributed by atoms with Crippen molar-refractivity contribution < 1.29 is 19.8 Å². The van der Waals surface area contributed by atoms with E-state index in [-0.39, 0.29) is 6.04 Å². The van der Waals surface area contributed by atoms with Crippen LogP contribution in [0.4, 0.5) is 0 Å². The van der Waals surface area contributed by atoms with Crippen molar-refractivity contribution in [3.8, 4) is 0 Å².